The molecule has 0 fully saturated rings. The molecule has 1 aromatic heterocycles. The largest absolute Gasteiger partial charge is 0.486 e. The van der Waals surface area contributed by atoms with E-state index < -0.39 is 0 Å². The second-order valence-corrected chi connectivity index (χ2v) is 5.22. The van der Waals surface area contributed by atoms with Gasteiger partial charge in [0.1, 0.15) is 17.4 Å². The Morgan fingerprint density at radius 2 is 2.19 bits per heavy atom. The van der Waals surface area contributed by atoms with Crippen molar-refractivity contribution in [3.63, 3.8) is 0 Å². The molecule has 1 heterocycles. The fourth-order valence-corrected chi connectivity index (χ4v) is 2.33. The van der Waals surface area contributed by atoms with Gasteiger partial charge in [-0.3, -0.25) is 0 Å². The normalized spacial score (nSPS) is 10.4. The van der Waals surface area contributed by atoms with E-state index in [1.165, 1.54) is 4.88 Å². The maximum atomic E-state index is 5.86. The average molecular weight is 254 g/mol. The van der Waals surface area contributed by atoms with Crippen LogP contribution in [0.2, 0.25) is 5.02 Å². The van der Waals surface area contributed by atoms with Crippen LogP contribution in [0.15, 0.2) is 24.3 Å². The summed E-state index contributed by atoms with van der Waals surface area (Å²) in [6, 6.07) is 7.39. The highest BCUT2D eigenvalue weighted by Gasteiger charge is 2.04. The predicted molar refractivity (Wildman–Crippen MR) is 67.4 cm³/mol. The fourth-order valence-electron chi connectivity index (χ4n) is 1.30. The smallest absolute Gasteiger partial charge is 0.140 e. The van der Waals surface area contributed by atoms with Crippen molar-refractivity contribution < 1.29 is 4.74 Å². The first-order valence-electron chi connectivity index (χ1n) is 4.96. The molecule has 0 bridgehead atoms. The zero-order chi connectivity index (χ0) is 11.5. The number of benzene rings is 1. The maximum absolute atomic E-state index is 5.86. The lowest BCUT2D eigenvalue weighted by atomic mass is 10.3. The number of ether oxygens (including phenoxy) is 1. The Kier molecular flexibility index (Phi) is 3.46. The molecule has 0 spiro atoms. The average Bonchev–Trinajstić information content (AvgIpc) is 2.56. The van der Waals surface area contributed by atoms with Crippen molar-refractivity contribution in [2.24, 2.45) is 0 Å². The van der Waals surface area contributed by atoms with E-state index in [0.29, 0.717) is 11.6 Å². The molecule has 0 aliphatic rings. The van der Waals surface area contributed by atoms with Crippen molar-refractivity contribution in [3.05, 3.63) is 44.9 Å². The van der Waals surface area contributed by atoms with Gasteiger partial charge < -0.3 is 4.74 Å². The number of rotatable bonds is 3. The molecule has 16 heavy (non-hydrogen) atoms. The molecule has 4 heteroatoms. The van der Waals surface area contributed by atoms with Crippen molar-refractivity contribution in [2.75, 3.05) is 0 Å². The highest BCUT2D eigenvalue weighted by atomic mass is 35.5. The van der Waals surface area contributed by atoms with E-state index in [1.807, 2.05) is 25.1 Å². The summed E-state index contributed by atoms with van der Waals surface area (Å²) >= 11 is 7.53. The van der Waals surface area contributed by atoms with Crippen LogP contribution in [-0.2, 0) is 6.61 Å². The molecule has 0 aliphatic carbocycles. The third-order valence-corrected chi connectivity index (χ3v) is 3.51. The van der Waals surface area contributed by atoms with Crippen LogP contribution in [0, 0.1) is 13.8 Å². The van der Waals surface area contributed by atoms with Crippen LogP contribution >= 0.6 is 22.9 Å². The summed E-state index contributed by atoms with van der Waals surface area (Å²) < 4.78 is 5.60. The summed E-state index contributed by atoms with van der Waals surface area (Å²) in [6.45, 7) is 4.57. The van der Waals surface area contributed by atoms with Crippen LogP contribution < -0.4 is 4.74 Å². The van der Waals surface area contributed by atoms with E-state index >= 15 is 0 Å². The zero-order valence-corrected chi connectivity index (χ0v) is 10.7. The van der Waals surface area contributed by atoms with Gasteiger partial charge in [-0.15, -0.1) is 11.3 Å². The first-order chi connectivity index (χ1) is 7.65. The molecule has 0 atom stereocenters. The molecule has 0 N–H and O–H groups in total. The van der Waals surface area contributed by atoms with Crippen LogP contribution in [-0.4, -0.2) is 4.98 Å². The van der Waals surface area contributed by atoms with Crippen molar-refractivity contribution in [1.29, 1.82) is 0 Å². The molecule has 2 rings (SSSR count). The highest BCUT2D eigenvalue weighted by Crippen LogP contribution is 2.21. The Balaban J connectivity index is 2.02. The van der Waals surface area contributed by atoms with Gasteiger partial charge in [0, 0.05) is 9.90 Å². The number of hydrogen-bond donors (Lipinski definition) is 0. The number of hydrogen-bond acceptors (Lipinski definition) is 3. The lowest BCUT2D eigenvalue weighted by Gasteiger charge is -2.03. The number of thiazole rings is 1. The van der Waals surface area contributed by atoms with Crippen molar-refractivity contribution in [1.82, 2.24) is 4.98 Å². The van der Waals surface area contributed by atoms with Gasteiger partial charge in [0.15, 0.2) is 0 Å². The van der Waals surface area contributed by atoms with E-state index in [2.05, 4.69) is 11.9 Å². The summed E-state index contributed by atoms with van der Waals surface area (Å²) in [5.74, 6) is 0.776. The minimum atomic E-state index is 0.500. The number of nitrogens with zero attached hydrogens (tertiary/aromatic N) is 1. The van der Waals surface area contributed by atoms with E-state index in [1.54, 1.807) is 17.4 Å². The monoisotopic (exact) mass is 253 g/mol. The van der Waals surface area contributed by atoms with Gasteiger partial charge in [-0.1, -0.05) is 17.7 Å². The zero-order valence-electron chi connectivity index (χ0n) is 9.16. The quantitative estimate of drug-likeness (QED) is 0.825. The van der Waals surface area contributed by atoms with Gasteiger partial charge in [-0.05, 0) is 32.0 Å². The molecular formula is C12H12ClNOS. The molecule has 0 saturated heterocycles. The molecule has 0 aliphatic heterocycles. The third kappa shape index (κ3) is 2.74. The first-order valence-corrected chi connectivity index (χ1v) is 6.16. The minimum Gasteiger partial charge on any atom is -0.486 e. The Hall–Kier alpha value is -1.06. The molecule has 2 aromatic rings. The Bertz CT molecular complexity index is 476. The van der Waals surface area contributed by atoms with E-state index in [4.69, 9.17) is 16.3 Å². The van der Waals surface area contributed by atoms with Crippen LogP contribution in [0.25, 0.3) is 0 Å². The van der Waals surface area contributed by atoms with Gasteiger partial charge in [-0.25, -0.2) is 4.98 Å². The highest BCUT2D eigenvalue weighted by molar-refractivity contribution is 7.11. The standard InChI is InChI=1S/C12H12ClNOS/c1-8-9(2)16-12(14-8)7-15-11-5-3-4-10(13)6-11/h3-6H,7H2,1-2H3. The molecule has 1 aromatic carbocycles. The minimum absolute atomic E-state index is 0.500. The number of aromatic nitrogens is 1. The topological polar surface area (TPSA) is 22.1 Å². The van der Waals surface area contributed by atoms with E-state index in [9.17, 15) is 0 Å². The van der Waals surface area contributed by atoms with Crippen LogP contribution in [0.1, 0.15) is 15.6 Å². The Labute approximate surface area is 104 Å². The molecule has 0 amide bonds. The second kappa shape index (κ2) is 4.85. The molecule has 0 saturated carbocycles. The lowest BCUT2D eigenvalue weighted by Crippen LogP contribution is -1.94. The summed E-state index contributed by atoms with van der Waals surface area (Å²) in [5, 5.41) is 1.68. The summed E-state index contributed by atoms with van der Waals surface area (Å²) in [7, 11) is 0. The predicted octanol–water partition coefficient (Wildman–Crippen LogP) is 3.99. The summed E-state index contributed by atoms with van der Waals surface area (Å²) in [6.07, 6.45) is 0. The second-order valence-electron chi connectivity index (χ2n) is 3.50. The number of halogens is 1. The maximum Gasteiger partial charge on any atom is 0.140 e. The Morgan fingerprint density at radius 3 is 2.81 bits per heavy atom. The molecule has 0 unspecified atom stereocenters. The lowest BCUT2D eigenvalue weighted by molar-refractivity contribution is 0.305. The van der Waals surface area contributed by atoms with Crippen LogP contribution in [0.4, 0.5) is 0 Å². The van der Waals surface area contributed by atoms with Gasteiger partial charge in [0.05, 0.1) is 5.69 Å². The summed E-state index contributed by atoms with van der Waals surface area (Å²) in [4.78, 5) is 5.65. The van der Waals surface area contributed by atoms with E-state index in [-0.39, 0.29) is 0 Å². The SMILES string of the molecule is Cc1nc(COc2cccc(Cl)c2)sc1C. The first kappa shape index (κ1) is 11.4. The number of aryl methyl sites for hydroxylation is 2. The summed E-state index contributed by atoms with van der Waals surface area (Å²) in [5.41, 5.74) is 1.08. The molecular weight excluding hydrogens is 242 g/mol. The van der Waals surface area contributed by atoms with Gasteiger partial charge in [0.25, 0.3) is 0 Å². The van der Waals surface area contributed by atoms with Crippen LogP contribution in [0.3, 0.4) is 0 Å². The molecule has 0 radical (unpaired) electrons. The van der Waals surface area contributed by atoms with Crippen molar-refractivity contribution in [3.8, 4) is 5.75 Å². The van der Waals surface area contributed by atoms with Gasteiger partial charge >= 0.3 is 0 Å². The van der Waals surface area contributed by atoms with Crippen molar-refractivity contribution >= 4 is 22.9 Å². The Morgan fingerprint density at radius 1 is 1.38 bits per heavy atom. The van der Waals surface area contributed by atoms with Gasteiger partial charge in [0.2, 0.25) is 0 Å². The molecule has 2 nitrogen and oxygen atoms in total. The fraction of sp³-hybridized carbons (Fsp3) is 0.250. The van der Waals surface area contributed by atoms with Crippen molar-refractivity contribution in [2.45, 2.75) is 20.5 Å². The van der Waals surface area contributed by atoms with E-state index in [0.717, 1.165) is 16.5 Å². The van der Waals surface area contributed by atoms with Crippen LogP contribution in [0.5, 0.6) is 5.75 Å². The molecule has 84 valence electrons. The third-order valence-electron chi connectivity index (χ3n) is 2.23. The van der Waals surface area contributed by atoms with Gasteiger partial charge in [-0.2, -0.15) is 0 Å².